The molecule has 0 fully saturated rings. The van der Waals surface area contributed by atoms with E-state index >= 15 is 0 Å². The Hall–Kier alpha value is -3.49. The van der Waals surface area contributed by atoms with E-state index in [4.69, 9.17) is 4.74 Å². The Bertz CT molecular complexity index is 1100. The Morgan fingerprint density at radius 1 is 1.21 bits per heavy atom. The first kappa shape index (κ1) is 24.2. The summed E-state index contributed by atoms with van der Waals surface area (Å²) in [5.41, 5.74) is -3.25. The lowest BCUT2D eigenvalue weighted by molar-refractivity contribution is -0.202. The number of nitrogens with one attached hydrogen (secondary N) is 1. The van der Waals surface area contributed by atoms with Crippen LogP contribution in [0.5, 0.6) is 5.75 Å². The second-order valence-corrected chi connectivity index (χ2v) is 7.52. The predicted molar refractivity (Wildman–Crippen MR) is 104 cm³/mol. The molecule has 6 nitrogen and oxygen atoms in total. The van der Waals surface area contributed by atoms with Crippen molar-refractivity contribution in [3.63, 3.8) is 0 Å². The van der Waals surface area contributed by atoms with Crippen LogP contribution in [0.4, 0.5) is 26.3 Å². The smallest absolute Gasteiger partial charge is 0.416 e. The Kier molecular flexibility index (Phi) is 6.44. The summed E-state index contributed by atoms with van der Waals surface area (Å²) in [6.45, 7) is 1.39. The van der Waals surface area contributed by atoms with Crippen LogP contribution in [0.2, 0.25) is 0 Å². The van der Waals surface area contributed by atoms with E-state index in [0.717, 1.165) is 16.8 Å². The number of rotatable bonds is 6. The molecule has 0 bridgehead atoms. The van der Waals surface area contributed by atoms with E-state index in [9.17, 15) is 36.4 Å². The molecule has 0 aliphatic carbocycles. The number of carbonyl (C=O) groups is 1. The summed E-state index contributed by atoms with van der Waals surface area (Å²) in [5.74, 6) is -1.12. The third kappa shape index (κ3) is 5.13. The van der Waals surface area contributed by atoms with Crippen LogP contribution in [-0.4, -0.2) is 34.6 Å². The topological polar surface area (TPSA) is 79.9 Å². The van der Waals surface area contributed by atoms with Crippen molar-refractivity contribution in [2.45, 2.75) is 44.1 Å². The number of aryl methyl sites for hydroxylation is 1. The van der Waals surface area contributed by atoms with Gasteiger partial charge < -0.3 is 10.1 Å². The van der Waals surface area contributed by atoms with Crippen LogP contribution in [0, 0.1) is 18.3 Å². The monoisotopic (exact) mass is 472 g/mol. The molecule has 33 heavy (non-hydrogen) atoms. The quantitative estimate of drug-likeness (QED) is 0.491. The summed E-state index contributed by atoms with van der Waals surface area (Å²) in [5, 5.41) is 15.2. The largest absolute Gasteiger partial charge is 0.494 e. The number of hydrogen-bond donors (Lipinski definition) is 1. The number of halogens is 6. The zero-order chi connectivity index (χ0) is 24.4. The summed E-state index contributed by atoms with van der Waals surface area (Å²) in [6.07, 6.45) is -8.63. The van der Waals surface area contributed by atoms with Gasteiger partial charge in [-0.3, -0.25) is 4.79 Å². The molecule has 0 saturated carbocycles. The number of nitriles is 1. The number of benzene rings is 1. The molecule has 3 rings (SSSR count). The van der Waals surface area contributed by atoms with Crippen molar-refractivity contribution >= 4 is 11.6 Å². The van der Waals surface area contributed by atoms with Gasteiger partial charge in [0.1, 0.15) is 17.4 Å². The van der Waals surface area contributed by atoms with Gasteiger partial charge in [0.15, 0.2) is 5.54 Å². The first-order chi connectivity index (χ1) is 15.4. The molecular formula is C21H18F6N4O2. The predicted octanol–water partition coefficient (Wildman–Crippen LogP) is 4.63. The molecule has 0 spiro atoms. The van der Waals surface area contributed by atoms with E-state index in [1.807, 2.05) is 5.32 Å². The van der Waals surface area contributed by atoms with Crippen molar-refractivity contribution in [2.24, 2.45) is 0 Å². The van der Waals surface area contributed by atoms with Crippen molar-refractivity contribution < 1.29 is 35.9 Å². The minimum Gasteiger partial charge on any atom is -0.494 e. The molecule has 0 radical (unpaired) electrons. The highest BCUT2D eigenvalue weighted by Gasteiger charge is 2.60. The van der Waals surface area contributed by atoms with Crippen molar-refractivity contribution in [1.82, 2.24) is 15.1 Å². The molecule has 1 atom stereocenters. The van der Waals surface area contributed by atoms with Gasteiger partial charge in [-0.15, -0.1) is 0 Å². The molecule has 1 aliphatic heterocycles. The van der Waals surface area contributed by atoms with Gasteiger partial charge in [-0.1, -0.05) is 12.1 Å². The molecule has 1 N–H and O–H groups in total. The fourth-order valence-corrected chi connectivity index (χ4v) is 3.45. The highest BCUT2D eigenvalue weighted by molar-refractivity contribution is 6.04. The maximum Gasteiger partial charge on any atom is 0.416 e. The third-order valence-electron chi connectivity index (χ3n) is 5.08. The first-order valence-corrected chi connectivity index (χ1v) is 9.70. The molecule has 176 valence electrons. The number of aromatic nitrogens is 2. The van der Waals surface area contributed by atoms with E-state index in [-0.39, 0.29) is 30.0 Å². The molecule has 12 heteroatoms. The molecular weight excluding hydrogens is 454 g/mol. The lowest BCUT2D eigenvalue weighted by Gasteiger charge is -2.40. The first-order valence-electron chi connectivity index (χ1n) is 9.70. The number of nitrogens with zero attached hydrogens (tertiary/aromatic N) is 3. The lowest BCUT2D eigenvalue weighted by Crippen LogP contribution is -2.59. The van der Waals surface area contributed by atoms with Crippen molar-refractivity contribution in [1.29, 1.82) is 5.26 Å². The van der Waals surface area contributed by atoms with Crippen LogP contribution in [-0.2, 0) is 10.3 Å². The zero-order valence-corrected chi connectivity index (χ0v) is 17.2. The summed E-state index contributed by atoms with van der Waals surface area (Å²) in [7, 11) is 0. The van der Waals surface area contributed by atoms with Crippen molar-refractivity contribution in [3.8, 4) is 11.8 Å². The van der Waals surface area contributed by atoms with E-state index in [1.165, 1.54) is 24.5 Å². The number of ether oxygens (including phenoxy) is 1. The van der Waals surface area contributed by atoms with E-state index in [1.54, 1.807) is 13.0 Å². The maximum absolute atomic E-state index is 14.4. The van der Waals surface area contributed by atoms with E-state index in [2.05, 4.69) is 5.10 Å². The van der Waals surface area contributed by atoms with Gasteiger partial charge in [0.25, 0.3) is 5.91 Å². The standard InChI is InChI=1S/C21H18F6N4O2/c1-13-11-29-31(12-13)17-9-19(21(25,26)27,30-18(32)16(17)10-28)14-3-5-15(6-4-14)33-8-2-7-20(22,23)24/h3-6,11-12H,2,7-9H2,1H3,(H,30,32). The molecule has 1 aliphatic rings. The van der Waals surface area contributed by atoms with Crippen molar-refractivity contribution in [2.75, 3.05) is 6.61 Å². The van der Waals surface area contributed by atoms with Crippen molar-refractivity contribution in [3.05, 3.63) is 53.4 Å². The lowest BCUT2D eigenvalue weighted by atomic mass is 9.80. The van der Waals surface area contributed by atoms with Gasteiger partial charge in [0.05, 0.1) is 18.5 Å². The van der Waals surface area contributed by atoms with Crippen LogP contribution in [0.25, 0.3) is 5.70 Å². The second-order valence-electron chi connectivity index (χ2n) is 7.52. The van der Waals surface area contributed by atoms with Crippen LogP contribution in [0.1, 0.15) is 30.4 Å². The average molecular weight is 472 g/mol. The SMILES string of the molecule is Cc1cnn(C2=C(C#N)C(=O)NC(c3ccc(OCCCC(F)(F)F)cc3)(C(F)(F)F)C2)c1. The fraction of sp³-hybridized carbons (Fsp3) is 0.381. The molecule has 1 unspecified atom stereocenters. The summed E-state index contributed by atoms with van der Waals surface area (Å²) < 4.78 is 85.9. The molecule has 1 aromatic heterocycles. The van der Waals surface area contributed by atoms with Crippen LogP contribution in [0.3, 0.4) is 0 Å². The fourth-order valence-electron chi connectivity index (χ4n) is 3.45. The molecule has 0 saturated heterocycles. The molecule has 1 amide bonds. The normalized spacial score (nSPS) is 19.3. The van der Waals surface area contributed by atoms with E-state index < -0.39 is 42.2 Å². The number of alkyl halides is 6. The van der Waals surface area contributed by atoms with Gasteiger partial charge in [-0.25, -0.2) is 4.68 Å². The number of hydrogen-bond acceptors (Lipinski definition) is 4. The highest BCUT2D eigenvalue weighted by atomic mass is 19.4. The minimum absolute atomic E-state index is 0.0802. The molecule has 2 aromatic rings. The Morgan fingerprint density at radius 2 is 1.88 bits per heavy atom. The number of carbonyl (C=O) groups excluding carboxylic acids is 1. The Labute approximate surface area is 184 Å². The highest BCUT2D eigenvalue weighted by Crippen LogP contribution is 2.47. The summed E-state index contributed by atoms with van der Waals surface area (Å²) >= 11 is 0. The van der Waals surface area contributed by atoms with Gasteiger partial charge >= 0.3 is 12.4 Å². The number of amides is 1. The average Bonchev–Trinajstić information content (AvgIpc) is 3.15. The van der Waals surface area contributed by atoms with Crippen LogP contribution in [0.15, 0.2) is 42.2 Å². The maximum atomic E-state index is 14.4. The minimum atomic E-state index is -4.95. The van der Waals surface area contributed by atoms with Gasteiger partial charge in [-0.05, 0) is 36.6 Å². The Balaban J connectivity index is 1.92. The summed E-state index contributed by atoms with van der Waals surface area (Å²) in [4.78, 5) is 12.5. The Morgan fingerprint density at radius 3 is 2.39 bits per heavy atom. The third-order valence-corrected chi connectivity index (χ3v) is 5.08. The molecule has 2 heterocycles. The van der Waals surface area contributed by atoms with Gasteiger partial charge in [-0.2, -0.15) is 36.7 Å². The zero-order valence-electron chi connectivity index (χ0n) is 17.2. The molecule has 1 aromatic carbocycles. The van der Waals surface area contributed by atoms with Crippen LogP contribution < -0.4 is 10.1 Å². The summed E-state index contributed by atoms with van der Waals surface area (Å²) in [6, 6.07) is 6.17. The van der Waals surface area contributed by atoms with Crippen LogP contribution >= 0.6 is 0 Å². The van der Waals surface area contributed by atoms with Gasteiger partial charge in [0.2, 0.25) is 0 Å². The van der Waals surface area contributed by atoms with E-state index in [0.29, 0.717) is 5.56 Å². The second kappa shape index (κ2) is 8.80. The van der Waals surface area contributed by atoms with Gasteiger partial charge in [0, 0.05) is 19.0 Å².